The van der Waals surface area contributed by atoms with Gasteiger partial charge in [-0.15, -0.1) is 0 Å². The molecule has 0 unspecified atom stereocenters. The van der Waals surface area contributed by atoms with Gasteiger partial charge in [0.15, 0.2) is 0 Å². The molecule has 1 N–H and O–H groups in total. The monoisotopic (exact) mass is 432 g/mol. The molecule has 4 aromatic rings. The number of nitrogens with one attached hydrogen (secondary N) is 1. The van der Waals surface area contributed by atoms with E-state index in [2.05, 4.69) is 48.1 Å². The van der Waals surface area contributed by atoms with E-state index in [1.54, 1.807) is 18.3 Å². The molecule has 3 aromatic heterocycles. The molecule has 7 heteroatoms. The zero-order valence-electron chi connectivity index (χ0n) is 19.2. The average Bonchev–Trinajstić information content (AvgIpc) is 3.12. The molecule has 0 amide bonds. The molecule has 1 aromatic carbocycles. The van der Waals surface area contributed by atoms with Gasteiger partial charge in [0.25, 0.3) is 0 Å². The van der Waals surface area contributed by atoms with Crippen molar-refractivity contribution in [1.82, 2.24) is 24.3 Å². The third-order valence-corrected chi connectivity index (χ3v) is 5.56. The molecule has 0 aliphatic heterocycles. The number of imidazole rings is 1. The topological polar surface area (TPSA) is 58.4 Å². The lowest BCUT2D eigenvalue weighted by molar-refractivity contribution is 0.402. The fraction of sp³-hybridized carbons (Fsp3) is 0.320. The van der Waals surface area contributed by atoms with E-state index in [-0.39, 0.29) is 11.9 Å². The van der Waals surface area contributed by atoms with Crippen molar-refractivity contribution in [2.24, 2.45) is 5.92 Å². The highest BCUT2D eigenvalue weighted by Crippen LogP contribution is 2.32. The van der Waals surface area contributed by atoms with Gasteiger partial charge >= 0.3 is 0 Å². The van der Waals surface area contributed by atoms with Crippen molar-refractivity contribution >= 4 is 11.6 Å². The van der Waals surface area contributed by atoms with Gasteiger partial charge in [-0.2, -0.15) is 0 Å². The normalized spacial score (nSPS) is 12.6. The summed E-state index contributed by atoms with van der Waals surface area (Å²) >= 11 is 0. The van der Waals surface area contributed by atoms with E-state index >= 15 is 0 Å². The number of benzene rings is 1. The van der Waals surface area contributed by atoms with Crippen LogP contribution in [-0.2, 0) is 6.54 Å². The second-order valence-corrected chi connectivity index (χ2v) is 8.76. The number of rotatable bonds is 7. The van der Waals surface area contributed by atoms with E-state index in [0.717, 1.165) is 34.8 Å². The summed E-state index contributed by atoms with van der Waals surface area (Å²) < 4.78 is 15.6. The molecular formula is C25H29FN6. The number of halogens is 1. The van der Waals surface area contributed by atoms with Crippen LogP contribution >= 0.6 is 0 Å². The van der Waals surface area contributed by atoms with Gasteiger partial charge in [-0.05, 0) is 75.0 Å². The fourth-order valence-corrected chi connectivity index (χ4v) is 3.53. The number of nitrogens with zero attached hydrogens (tertiary/aromatic N) is 5. The van der Waals surface area contributed by atoms with Crippen molar-refractivity contribution in [2.45, 2.75) is 33.4 Å². The van der Waals surface area contributed by atoms with Gasteiger partial charge in [0, 0.05) is 30.5 Å². The molecule has 0 saturated heterocycles. The Labute approximate surface area is 188 Å². The number of aromatic nitrogens is 4. The van der Waals surface area contributed by atoms with Crippen molar-refractivity contribution in [1.29, 1.82) is 0 Å². The minimum Gasteiger partial charge on any atom is -0.351 e. The molecule has 1 atom stereocenters. The van der Waals surface area contributed by atoms with E-state index in [1.165, 1.54) is 17.7 Å². The van der Waals surface area contributed by atoms with E-state index < -0.39 is 0 Å². The van der Waals surface area contributed by atoms with Gasteiger partial charge in [-0.1, -0.05) is 13.8 Å². The summed E-state index contributed by atoms with van der Waals surface area (Å²) in [5.41, 5.74) is 5.19. The summed E-state index contributed by atoms with van der Waals surface area (Å²) in [5, 5.41) is 3.38. The van der Waals surface area contributed by atoms with Gasteiger partial charge in [0.2, 0.25) is 5.95 Å². The summed E-state index contributed by atoms with van der Waals surface area (Å²) in [7, 11) is 4.08. The first-order valence-corrected chi connectivity index (χ1v) is 10.8. The second-order valence-electron chi connectivity index (χ2n) is 8.76. The predicted octanol–water partition coefficient (Wildman–Crippen LogP) is 5.12. The highest BCUT2D eigenvalue weighted by Gasteiger charge is 2.19. The lowest BCUT2D eigenvalue weighted by Crippen LogP contribution is -2.22. The molecule has 0 spiro atoms. The van der Waals surface area contributed by atoms with E-state index in [0.29, 0.717) is 11.9 Å². The molecule has 3 heterocycles. The van der Waals surface area contributed by atoms with Gasteiger partial charge in [0.05, 0.1) is 17.1 Å². The highest BCUT2D eigenvalue weighted by atomic mass is 19.1. The van der Waals surface area contributed by atoms with Gasteiger partial charge in [-0.25, -0.2) is 19.3 Å². The van der Waals surface area contributed by atoms with Crippen LogP contribution in [0.5, 0.6) is 0 Å². The van der Waals surface area contributed by atoms with Crippen molar-refractivity contribution in [3.8, 4) is 22.6 Å². The molecular weight excluding hydrogens is 403 g/mol. The van der Waals surface area contributed by atoms with Crippen LogP contribution < -0.4 is 5.32 Å². The quantitative estimate of drug-likeness (QED) is 0.439. The van der Waals surface area contributed by atoms with Crippen molar-refractivity contribution in [3.05, 3.63) is 66.2 Å². The molecule has 0 radical (unpaired) electrons. The van der Waals surface area contributed by atoms with E-state index in [4.69, 9.17) is 9.97 Å². The van der Waals surface area contributed by atoms with Crippen LogP contribution in [0.4, 0.5) is 10.3 Å². The van der Waals surface area contributed by atoms with Crippen LogP contribution in [0.15, 0.2) is 54.9 Å². The maximum atomic E-state index is 13.6. The summed E-state index contributed by atoms with van der Waals surface area (Å²) in [6.07, 6.45) is 3.78. The van der Waals surface area contributed by atoms with Crippen LogP contribution in [0.25, 0.3) is 28.3 Å². The molecule has 0 aliphatic rings. The maximum absolute atomic E-state index is 13.6. The van der Waals surface area contributed by atoms with Crippen LogP contribution in [-0.4, -0.2) is 44.4 Å². The third kappa shape index (κ3) is 4.62. The zero-order valence-corrected chi connectivity index (χ0v) is 19.2. The van der Waals surface area contributed by atoms with Gasteiger partial charge < -0.3 is 10.2 Å². The number of pyridine rings is 1. The Morgan fingerprint density at radius 1 is 1.03 bits per heavy atom. The van der Waals surface area contributed by atoms with Crippen molar-refractivity contribution in [3.63, 3.8) is 0 Å². The van der Waals surface area contributed by atoms with E-state index in [9.17, 15) is 4.39 Å². The second kappa shape index (κ2) is 9.04. The number of hydrogen-bond acceptors (Lipinski definition) is 5. The minimum atomic E-state index is -0.275. The number of anilines is 1. The lowest BCUT2D eigenvalue weighted by Gasteiger charge is -2.17. The predicted molar refractivity (Wildman–Crippen MR) is 127 cm³/mol. The Morgan fingerprint density at radius 2 is 1.78 bits per heavy atom. The fourth-order valence-electron chi connectivity index (χ4n) is 3.53. The first-order chi connectivity index (χ1) is 15.3. The SMILES string of the molecule is CC(C)[C@@H](C)Nc1nccc(-c2c(-c3ccc(F)cc3)nc3cc(CN(C)C)ccn23)n1. The first kappa shape index (κ1) is 21.9. The van der Waals surface area contributed by atoms with Crippen molar-refractivity contribution in [2.75, 3.05) is 19.4 Å². The third-order valence-electron chi connectivity index (χ3n) is 5.56. The molecule has 0 bridgehead atoms. The maximum Gasteiger partial charge on any atom is 0.223 e. The largest absolute Gasteiger partial charge is 0.351 e. The average molecular weight is 433 g/mol. The lowest BCUT2D eigenvalue weighted by atomic mass is 10.1. The molecule has 6 nitrogen and oxygen atoms in total. The summed E-state index contributed by atoms with van der Waals surface area (Å²) in [4.78, 5) is 16.2. The molecule has 0 aliphatic carbocycles. The van der Waals surface area contributed by atoms with Crippen LogP contribution in [0.2, 0.25) is 0 Å². The van der Waals surface area contributed by atoms with Crippen LogP contribution in [0.1, 0.15) is 26.3 Å². The molecule has 0 fully saturated rings. The number of fused-ring (bicyclic) bond motifs is 1. The molecule has 166 valence electrons. The Morgan fingerprint density at radius 3 is 2.47 bits per heavy atom. The molecule has 32 heavy (non-hydrogen) atoms. The van der Waals surface area contributed by atoms with Crippen molar-refractivity contribution < 1.29 is 4.39 Å². The van der Waals surface area contributed by atoms with Gasteiger partial charge in [0.1, 0.15) is 11.5 Å². The minimum absolute atomic E-state index is 0.234. The van der Waals surface area contributed by atoms with Crippen LogP contribution in [0.3, 0.4) is 0 Å². The summed E-state index contributed by atoms with van der Waals surface area (Å²) in [6.45, 7) is 7.25. The zero-order chi connectivity index (χ0) is 22.8. The number of hydrogen-bond donors (Lipinski definition) is 1. The summed E-state index contributed by atoms with van der Waals surface area (Å²) in [6, 6.07) is 12.7. The summed E-state index contributed by atoms with van der Waals surface area (Å²) in [5.74, 6) is 0.749. The Hall–Kier alpha value is -3.32. The molecule has 4 rings (SSSR count). The Balaban J connectivity index is 1.86. The highest BCUT2D eigenvalue weighted by molar-refractivity contribution is 5.80. The van der Waals surface area contributed by atoms with Crippen LogP contribution in [0, 0.1) is 11.7 Å². The molecule has 0 saturated carbocycles. The smallest absolute Gasteiger partial charge is 0.223 e. The Kier molecular flexibility index (Phi) is 6.19. The standard InChI is InChI=1S/C25H29FN6/c1-16(2)17(3)28-25-27-12-10-21(29-25)24-23(19-6-8-20(26)9-7-19)30-22-14-18(15-31(4)5)11-13-32(22)24/h6-14,16-17H,15H2,1-5H3,(H,27,28,29)/t17-/m1/s1. The first-order valence-electron chi connectivity index (χ1n) is 10.8. The Bertz CT molecular complexity index is 1210. The van der Waals surface area contributed by atoms with Gasteiger partial charge in [-0.3, -0.25) is 4.40 Å². The van der Waals surface area contributed by atoms with E-state index in [1.807, 2.05) is 30.8 Å².